The van der Waals surface area contributed by atoms with E-state index in [0.29, 0.717) is 0 Å². The van der Waals surface area contributed by atoms with E-state index in [1.165, 1.54) is 38.1 Å². The van der Waals surface area contributed by atoms with E-state index in [9.17, 15) is 0 Å². The molecular formula is C48H31NO. The molecule has 0 saturated carbocycles. The molecule has 0 radical (unpaired) electrons. The van der Waals surface area contributed by atoms with Gasteiger partial charge in [0.25, 0.3) is 0 Å². The Hall–Kier alpha value is -6.64. The van der Waals surface area contributed by atoms with Crippen LogP contribution in [0.3, 0.4) is 0 Å². The predicted octanol–water partition coefficient (Wildman–Crippen LogP) is 13.8. The second-order valence-electron chi connectivity index (χ2n) is 12.9. The van der Waals surface area contributed by atoms with Crippen molar-refractivity contribution < 1.29 is 4.42 Å². The Labute approximate surface area is 290 Å². The van der Waals surface area contributed by atoms with Crippen LogP contribution in [0.5, 0.6) is 0 Å². The molecule has 0 aliphatic carbocycles. The van der Waals surface area contributed by atoms with E-state index in [-0.39, 0.29) is 0 Å². The monoisotopic (exact) mass is 637 g/mol. The fourth-order valence-electron chi connectivity index (χ4n) is 7.65. The number of nitrogens with zero attached hydrogens (tertiary/aromatic N) is 1. The quantitative estimate of drug-likeness (QED) is 0.175. The number of anilines is 3. The van der Waals surface area contributed by atoms with Crippen LogP contribution < -0.4 is 4.90 Å². The minimum absolute atomic E-state index is 0.920. The normalized spacial score (nSPS) is 11.6. The summed E-state index contributed by atoms with van der Waals surface area (Å²) in [7, 11) is 0. The number of benzene rings is 9. The first-order chi connectivity index (χ1) is 24.8. The highest BCUT2D eigenvalue weighted by Gasteiger charge is 2.17. The van der Waals surface area contributed by atoms with Crippen molar-refractivity contribution in [1.29, 1.82) is 0 Å². The summed E-state index contributed by atoms with van der Waals surface area (Å²) in [4.78, 5) is 2.32. The zero-order valence-corrected chi connectivity index (χ0v) is 27.3. The Balaban J connectivity index is 1.05. The zero-order chi connectivity index (χ0) is 33.0. The van der Waals surface area contributed by atoms with E-state index >= 15 is 0 Å². The van der Waals surface area contributed by atoms with Crippen LogP contribution in [0.1, 0.15) is 0 Å². The van der Waals surface area contributed by atoms with E-state index in [4.69, 9.17) is 4.42 Å². The third kappa shape index (κ3) is 4.57. The van der Waals surface area contributed by atoms with Gasteiger partial charge in [0, 0.05) is 38.8 Å². The topological polar surface area (TPSA) is 16.4 Å². The van der Waals surface area contributed by atoms with E-state index < -0.39 is 0 Å². The molecule has 0 atom stereocenters. The van der Waals surface area contributed by atoms with Gasteiger partial charge in [-0.05, 0) is 92.2 Å². The largest absolute Gasteiger partial charge is 0.455 e. The molecule has 0 N–H and O–H groups in total. The fraction of sp³-hybridized carbons (Fsp3) is 0. The maximum absolute atomic E-state index is 6.66. The molecule has 10 aromatic rings. The van der Waals surface area contributed by atoms with Crippen molar-refractivity contribution in [1.82, 2.24) is 0 Å². The van der Waals surface area contributed by atoms with Crippen molar-refractivity contribution in [3.8, 4) is 22.3 Å². The molecule has 0 amide bonds. The first kappa shape index (κ1) is 28.4. The number of fused-ring (bicyclic) bond motifs is 8. The first-order valence-electron chi connectivity index (χ1n) is 17.1. The van der Waals surface area contributed by atoms with Crippen LogP contribution in [0.2, 0.25) is 0 Å². The van der Waals surface area contributed by atoms with E-state index in [1.54, 1.807) is 0 Å². The predicted molar refractivity (Wildman–Crippen MR) is 212 cm³/mol. The van der Waals surface area contributed by atoms with Crippen LogP contribution in [0, 0.1) is 0 Å². The second-order valence-corrected chi connectivity index (χ2v) is 12.9. The van der Waals surface area contributed by atoms with Gasteiger partial charge in [-0.15, -0.1) is 0 Å². The maximum atomic E-state index is 6.66. The molecule has 0 spiro atoms. The summed E-state index contributed by atoms with van der Waals surface area (Å²) in [5.41, 5.74) is 9.81. The molecule has 234 valence electrons. The molecule has 10 rings (SSSR count). The van der Waals surface area contributed by atoms with Crippen LogP contribution >= 0.6 is 0 Å². The summed E-state index contributed by atoms with van der Waals surface area (Å²) in [6, 6.07) is 67.4. The average Bonchev–Trinajstić information content (AvgIpc) is 3.58. The Morgan fingerprint density at radius 2 is 0.840 bits per heavy atom. The number of hydrogen-bond acceptors (Lipinski definition) is 2. The lowest BCUT2D eigenvalue weighted by atomic mass is 9.93. The Kier molecular flexibility index (Phi) is 6.53. The number of furan rings is 1. The minimum atomic E-state index is 0.920. The Morgan fingerprint density at radius 1 is 0.300 bits per heavy atom. The van der Waals surface area contributed by atoms with Crippen molar-refractivity contribution >= 4 is 71.3 Å². The molecule has 0 bridgehead atoms. The lowest BCUT2D eigenvalue weighted by molar-refractivity contribution is 0.674. The standard InChI is InChI=1S/C48H31NO/c1-2-13-36(14-3-1)49(38-28-23-34(24-29-38)46-31-35-12-5-6-15-39(35)42-17-8-9-18-43(42)46)37-26-21-33(22-27-37)41-19-10-20-44-45-30-25-32-11-4-7-16-40(32)48(45)50-47(41)44/h1-31H. The number of para-hydroxylation sites is 2. The summed E-state index contributed by atoms with van der Waals surface area (Å²) in [6.07, 6.45) is 0. The number of hydrogen-bond donors (Lipinski definition) is 0. The van der Waals surface area contributed by atoms with Crippen molar-refractivity contribution in [3.63, 3.8) is 0 Å². The van der Waals surface area contributed by atoms with Gasteiger partial charge in [-0.25, -0.2) is 0 Å². The van der Waals surface area contributed by atoms with E-state index in [2.05, 4.69) is 193 Å². The van der Waals surface area contributed by atoms with Crippen LogP contribution in [0.4, 0.5) is 17.1 Å². The smallest absolute Gasteiger partial charge is 0.143 e. The molecule has 0 aliphatic heterocycles. The third-order valence-electron chi connectivity index (χ3n) is 10.0. The van der Waals surface area contributed by atoms with Gasteiger partial charge in [-0.2, -0.15) is 0 Å². The van der Waals surface area contributed by atoms with Gasteiger partial charge in [0.2, 0.25) is 0 Å². The summed E-state index contributed by atoms with van der Waals surface area (Å²) in [6.45, 7) is 0. The summed E-state index contributed by atoms with van der Waals surface area (Å²) in [5, 5.41) is 9.69. The molecule has 0 unspecified atom stereocenters. The lowest BCUT2D eigenvalue weighted by Crippen LogP contribution is -2.09. The van der Waals surface area contributed by atoms with Crippen molar-refractivity contribution in [3.05, 3.63) is 188 Å². The SMILES string of the molecule is c1ccc(N(c2ccc(-c3cc4ccccc4c4ccccc34)cc2)c2ccc(-c3cccc4c3oc3c5ccccc5ccc43)cc2)cc1. The van der Waals surface area contributed by atoms with Crippen molar-refractivity contribution in [2.75, 3.05) is 4.90 Å². The van der Waals surface area contributed by atoms with Gasteiger partial charge in [-0.1, -0.05) is 140 Å². The Bertz CT molecular complexity index is 2850. The summed E-state index contributed by atoms with van der Waals surface area (Å²) in [5.74, 6) is 0. The lowest BCUT2D eigenvalue weighted by Gasteiger charge is -2.26. The van der Waals surface area contributed by atoms with Crippen LogP contribution in [-0.2, 0) is 0 Å². The second kappa shape index (κ2) is 11.5. The van der Waals surface area contributed by atoms with Crippen molar-refractivity contribution in [2.45, 2.75) is 0 Å². The highest BCUT2D eigenvalue weighted by atomic mass is 16.3. The molecule has 1 aromatic heterocycles. The van der Waals surface area contributed by atoms with Gasteiger partial charge in [0.1, 0.15) is 11.2 Å². The van der Waals surface area contributed by atoms with Gasteiger partial charge >= 0.3 is 0 Å². The molecule has 2 heteroatoms. The van der Waals surface area contributed by atoms with Crippen LogP contribution in [0.25, 0.3) is 76.5 Å². The highest BCUT2D eigenvalue weighted by molar-refractivity contribution is 6.17. The maximum Gasteiger partial charge on any atom is 0.143 e. The van der Waals surface area contributed by atoms with Crippen LogP contribution in [-0.4, -0.2) is 0 Å². The van der Waals surface area contributed by atoms with Gasteiger partial charge in [0.05, 0.1) is 0 Å². The molecule has 0 fully saturated rings. The molecule has 2 nitrogen and oxygen atoms in total. The van der Waals surface area contributed by atoms with E-state index in [1.807, 2.05) is 0 Å². The van der Waals surface area contributed by atoms with Crippen LogP contribution in [0.15, 0.2) is 192 Å². The van der Waals surface area contributed by atoms with Gasteiger partial charge in [0.15, 0.2) is 0 Å². The average molecular weight is 638 g/mol. The molecule has 50 heavy (non-hydrogen) atoms. The molecule has 1 heterocycles. The highest BCUT2D eigenvalue weighted by Crippen LogP contribution is 2.41. The molecule has 9 aromatic carbocycles. The fourth-order valence-corrected chi connectivity index (χ4v) is 7.65. The third-order valence-corrected chi connectivity index (χ3v) is 10.0. The van der Waals surface area contributed by atoms with Gasteiger partial charge in [-0.3, -0.25) is 0 Å². The van der Waals surface area contributed by atoms with Crippen molar-refractivity contribution in [2.24, 2.45) is 0 Å². The molecular weight excluding hydrogens is 607 g/mol. The molecule has 0 aliphatic rings. The summed E-state index contributed by atoms with van der Waals surface area (Å²) < 4.78 is 6.66. The molecule has 0 saturated heterocycles. The first-order valence-corrected chi connectivity index (χ1v) is 17.1. The zero-order valence-electron chi connectivity index (χ0n) is 27.3. The van der Waals surface area contributed by atoms with E-state index in [0.717, 1.165) is 55.5 Å². The summed E-state index contributed by atoms with van der Waals surface area (Å²) >= 11 is 0. The van der Waals surface area contributed by atoms with Gasteiger partial charge < -0.3 is 9.32 Å². The Morgan fingerprint density at radius 3 is 1.58 bits per heavy atom. The number of rotatable bonds is 5. The minimum Gasteiger partial charge on any atom is -0.455 e.